The van der Waals surface area contributed by atoms with Crippen LogP contribution in [-0.2, 0) is 17.5 Å². The first-order valence-corrected chi connectivity index (χ1v) is 10.6. The first-order valence-electron chi connectivity index (χ1n) is 10.6. The number of alkyl halides is 3. The minimum absolute atomic E-state index is 0.100. The van der Waals surface area contributed by atoms with Gasteiger partial charge in [-0.2, -0.15) is 13.2 Å². The number of rotatable bonds is 7. The van der Waals surface area contributed by atoms with Crippen LogP contribution in [0, 0.1) is 6.92 Å². The third kappa shape index (κ3) is 6.43. The van der Waals surface area contributed by atoms with Gasteiger partial charge in [-0.05, 0) is 31.0 Å². The van der Waals surface area contributed by atoms with Crippen LogP contribution >= 0.6 is 0 Å². The minimum Gasteiger partial charge on any atom is -0.354 e. The SMILES string of the molecule is CCCN(Cc1ccc(C)cc1)C(=O)CN1CCN(c2ccc(C(F)(F)F)cn2)CC1. The average Bonchev–Trinajstić information content (AvgIpc) is 2.75. The van der Waals surface area contributed by atoms with Crippen LogP contribution in [0.2, 0.25) is 0 Å². The van der Waals surface area contributed by atoms with Crippen molar-refractivity contribution in [3.63, 3.8) is 0 Å². The number of piperazine rings is 1. The fourth-order valence-electron chi connectivity index (χ4n) is 3.64. The van der Waals surface area contributed by atoms with Crippen molar-refractivity contribution in [1.29, 1.82) is 0 Å². The number of hydrogen-bond donors (Lipinski definition) is 0. The highest BCUT2D eigenvalue weighted by molar-refractivity contribution is 5.78. The molecule has 31 heavy (non-hydrogen) atoms. The predicted molar refractivity (Wildman–Crippen MR) is 115 cm³/mol. The summed E-state index contributed by atoms with van der Waals surface area (Å²) < 4.78 is 38.1. The highest BCUT2D eigenvalue weighted by Gasteiger charge is 2.31. The number of halogens is 3. The van der Waals surface area contributed by atoms with Crippen LogP contribution in [0.4, 0.5) is 19.0 Å². The number of amides is 1. The van der Waals surface area contributed by atoms with Crippen molar-refractivity contribution in [3.05, 3.63) is 59.3 Å². The third-order valence-electron chi connectivity index (χ3n) is 5.47. The van der Waals surface area contributed by atoms with E-state index < -0.39 is 11.7 Å². The lowest BCUT2D eigenvalue weighted by atomic mass is 10.1. The largest absolute Gasteiger partial charge is 0.417 e. The lowest BCUT2D eigenvalue weighted by Gasteiger charge is -2.36. The van der Waals surface area contributed by atoms with Crippen molar-refractivity contribution in [3.8, 4) is 0 Å². The Morgan fingerprint density at radius 3 is 2.29 bits per heavy atom. The van der Waals surface area contributed by atoms with Crippen LogP contribution in [0.5, 0.6) is 0 Å². The lowest BCUT2D eigenvalue weighted by molar-refractivity contribution is -0.137. The van der Waals surface area contributed by atoms with Crippen molar-refractivity contribution in [2.24, 2.45) is 0 Å². The highest BCUT2D eigenvalue weighted by atomic mass is 19.4. The molecule has 0 atom stereocenters. The van der Waals surface area contributed by atoms with E-state index in [2.05, 4.69) is 41.1 Å². The van der Waals surface area contributed by atoms with E-state index in [0.717, 1.165) is 24.2 Å². The van der Waals surface area contributed by atoms with Crippen molar-refractivity contribution >= 4 is 11.7 Å². The van der Waals surface area contributed by atoms with Gasteiger partial charge in [0.2, 0.25) is 5.91 Å². The molecule has 2 heterocycles. The maximum atomic E-state index is 12.9. The molecular weight excluding hydrogens is 405 g/mol. The maximum Gasteiger partial charge on any atom is 0.417 e. The summed E-state index contributed by atoms with van der Waals surface area (Å²) in [5.41, 5.74) is 1.56. The zero-order valence-electron chi connectivity index (χ0n) is 18.0. The first-order chi connectivity index (χ1) is 14.8. The normalized spacial score (nSPS) is 15.2. The number of hydrogen-bond acceptors (Lipinski definition) is 4. The van der Waals surface area contributed by atoms with Crippen LogP contribution in [0.3, 0.4) is 0 Å². The Balaban J connectivity index is 1.52. The number of aromatic nitrogens is 1. The van der Waals surface area contributed by atoms with Gasteiger partial charge in [0, 0.05) is 45.5 Å². The fraction of sp³-hybridized carbons (Fsp3) is 0.478. The molecule has 0 bridgehead atoms. The molecule has 0 N–H and O–H groups in total. The smallest absolute Gasteiger partial charge is 0.354 e. The number of benzene rings is 1. The van der Waals surface area contributed by atoms with E-state index >= 15 is 0 Å². The van der Waals surface area contributed by atoms with Gasteiger partial charge >= 0.3 is 6.18 Å². The maximum absolute atomic E-state index is 12.9. The Bertz CT molecular complexity index is 845. The van der Waals surface area contributed by atoms with Gasteiger partial charge in [0.25, 0.3) is 0 Å². The number of carbonyl (C=O) groups is 1. The number of pyridine rings is 1. The fourth-order valence-corrected chi connectivity index (χ4v) is 3.64. The quantitative estimate of drug-likeness (QED) is 0.661. The second-order valence-corrected chi connectivity index (χ2v) is 7.97. The van der Waals surface area contributed by atoms with E-state index in [-0.39, 0.29) is 5.91 Å². The second-order valence-electron chi connectivity index (χ2n) is 7.97. The average molecular weight is 435 g/mol. The summed E-state index contributed by atoms with van der Waals surface area (Å²) in [5, 5.41) is 0. The molecule has 1 fully saturated rings. The Kier molecular flexibility index (Phi) is 7.54. The van der Waals surface area contributed by atoms with Crippen molar-refractivity contribution in [2.45, 2.75) is 33.0 Å². The van der Waals surface area contributed by atoms with Crippen LogP contribution in [0.1, 0.15) is 30.0 Å². The summed E-state index contributed by atoms with van der Waals surface area (Å²) >= 11 is 0. The summed E-state index contributed by atoms with van der Waals surface area (Å²) in [6.45, 7) is 8.33. The molecule has 5 nitrogen and oxygen atoms in total. The van der Waals surface area contributed by atoms with Gasteiger partial charge in [0.15, 0.2) is 0 Å². The molecule has 168 valence electrons. The molecule has 0 saturated carbocycles. The lowest BCUT2D eigenvalue weighted by Crippen LogP contribution is -2.50. The first kappa shape index (κ1) is 23.1. The molecule has 1 saturated heterocycles. The van der Waals surface area contributed by atoms with Gasteiger partial charge in [0.1, 0.15) is 5.82 Å². The van der Waals surface area contributed by atoms with E-state index in [1.165, 1.54) is 11.6 Å². The molecule has 0 aliphatic carbocycles. The summed E-state index contributed by atoms with van der Waals surface area (Å²) in [6.07, 6.45) is -2.61. The topological polar surface area (TPSA) is 39.7 Å². The molecule has 1 aromatic heterocycles. The number of nitrogens with zero attached hydrogens (tertiary/aromatic N) is 4. The third-order valence-corrected chi connectivity index (χ3v) is 5.47. The van der Waals surface area contributed by atoms with Gasteiger partial charge in [-0.1, -0.05) is 36.8 Å². The highest BCUT2D eigenvalue weighted by Crippen LogP contribution is 2.29. The van der Waals surface area contributed by atoms with Crippen LogP contribution < -0.4 is 4.90 Å². The standard InChI is InChI=1S/C23H29F3N4O/c1-3-10-30(16-19-6-4-18(2)5-7-19)22(31)17-28-11-13-29(14-12-28)21-9-8-20(15-27-21)23(24,25)26/h4-9,15H,3,10-14,16-17H2,1-2H3. The van der Waals surface area contributed by atoms with E-state index in [9.17, 15) is 18.0 Å². The molecule has 1 aliphatic heterocycles. The van der Waals surface area contributed by atoms with Crippen LogP contribution in [0.25, 0.3) is 0 Å². The number of anilines is 1. The zero-order chi connectivity index (χ0) is 22.4. The van der Waals surface area contributed by atoms with E-state index in [0.29, 0.717) is 51.6 Å². The number of aryl methyl sites for hydroxylation is 1. The van der Waals surface area contributed by atoms with Crippen molar-refractivity contribution < 1.29 is 18.0 Å². The molecule has 2 aromatic rings. The second kappa shape index (κ2) is 10.1. The van der Waals surface area contributed by atoms with Crippen LogP contribution in [-0.4, -0.2) is 60.0 Å². The number of carbonyl (C=O) groups excluding carboxylic acids is 1. The molecule has 0 spiro atoms. The molecule has 1 amide bonds. The summed E-state index contributed by atoms with van der Waals surface area (Å²) in [4.78, 5) is 22.8. The van der Waals surface area contributed by atoms with E-state index in [4.69, 9.17) is 0 Å². The summed E-state index contributed by atoms with van der Waals surface area (Å²) in [7, 11) is 0. The van der Waals surface area contributed by atoms with E-state index in [1.54, 1.807) is 0 Å². The Morgan fingerprint density at radius 1 is 1.06 bits per heavy atom. The van der Waals surface area contributed by atoms with Gasteiger partial charge in [-0.3, -0.25) is 9.69 Å². The van der Waals surface area contributed by atoms with E-state index in [1.807, 2.05) is 16.7 Å². The molecule has 0 radical (unpaired) electrons. The Hall–Kier alpha value is -2.61. The molecular formula is C23H29F3N4O. The van der Waals surface area contributed by atoms with Crippen molar-refractivity contribution in [1.82, 2.24) is 14.8 Å². The Morgan fingerprint density at radius 2 is 1.74 bits per heavy atom. The van der Waals surface area contributed by atoms with Crippen LogP contribution in [0.15, 0.2) is 42.6 Å². The minimum atomic E-state index is -4.38. The van der Waals surface area contributed by atoms with Gasteiger partial charge in [-0.15, -0.1) is 0 Å². The molecule has 1 aromatic carbocycles. The van der Waals surface area contributed by atoms with Gasteiger partial charge in [-0.25, -0.2) is 4.98 Å². The molecule has 1 aliphatic rings. The molecule has 8 heteroatoms. The van der Waals surface area contributed by atoms with Gasteiger partial charge < -0.3 is 9.80 Å². The zero-order valence-corrected chi connectivity index (χ0v) is 18.0. The summed E-state index contributed by atoms with van der Waals surface area (Å²) in [6, 6.07) is 10.7. The molecule has 3 rings (SSSR count). The van der Waals surface area contributed by atoms with Crippen molar-refractivity contribution in [2.75, 3.05) is 44.2 Å². The predicted octanol–water partition coefficient (Wildman–Crippen LogP) is 3.97. The Labute approximate surface area is 181 Å². The molecule has 0 unspecified atom stereocenters. The monoisotopic (exact) mass is 434 g/mol. The van der Waals surface area contributed by atoms with Gasteiger partial charge in [0.05, 0.1) is 12.1 Å². The summed E-state index contributed by atoms with van der Waals surface area (Å²) in [5.74, 6) is 0.634.